The highest BCUT2D eigenvalue weighted by atomic mass is 14.9. The van der Waals surface area contributed by atoms with Crippen LogP contribution in [0.1, 0.15) is 19.4 Å². The maximum atomic E-state index is 2.21. The summed E-state index contributed by atoms with van der Waals surface area (Å²) in [5.74, 6) is 0. The number of aromatic nitrogens is 1. The van der Waals surface area contributed by atoms with E-state index in [1.54, 1.807) is 0 Å². The topological polar surface area (TPSA) is 3.88 Å². The van der Waals surface area contributed by atoms with Crippen molar-refractivity contribution in [2.24, 2.45) is 7.05 Å². The molecule has 1 aromatic heterocycles. The molecule has 1 heterocycles. The van der Waals surface area contributed by atoms with Crippen LogP contribution in [0.5, 0.6) is 0 Å². The normalized spacial score (nSPS) is 12.2. The number of pyridine rings is 1. The van der Waals surface area contributed by atoms with Gasteiger partial charge in [-0.05, 0) is 36.6 Å². The smallest absolute Gasteiger partial charge is 0.177 e. The number of hydrogen-bond acceptors (Lipinski definition) is 0. The summed E-state index contributed by atoms with van der Waals surface area (Å²) in [6.45, 7) is 4.18. The lowest BCUT2D eigenvalue weighted by Crippen LogP contribution is -2.26. The van der Waals surface area contributed by atoms with Gasteiger partial charge in [-0.3, -0.25) is 0 Å². The van der Waals surface area contributed by atoms with Crippen molar-refractivity contribution in [2.75, 3.05) is 0 Å². The Bertz CT molecular complexity index is 883. The van der Waals surface area contributed by atoms with E-state index < -0.39 is 0 Å². The fourth-order valence-electron chi connectivity index (χ4n) is 2.86. The first kappa shape index (κ1) is 15.2. The van der Waals surface area contributed by atoms with Crippen LogP contribution < -0.4 is 4.57 Å². The van der Waals surface area contributed by atoms with E-state index in [0.717, 1.165) is 0 Å². The van der Waals surface area contributed by atoms with Crippen molar-refractivity contribution in [3.8, 4) is 11.1 Å². The van der Waals surface area contributed by atoms with Gasteiger partial charge in [0.15, 0.2) is 12.4 Å². The predicted octanol–water partition coefficient (Wildman–Crippen LogP) is 5.31. The van der Waals surface area contributed by atoms with E-state index in [4.69, 9.17) is 0 Å². The molecular weight excluding hydrogens is 278 g/mol. The monoisotopic (exact) mass is 300 g/mol. The van der Waals surface area contributed by atoms with Crippen LogP contribution in [-0.4, -0.2) is 0 Å². The lowest BCUT2D eigenvalue weighted by Gasteiger charge is -2.07. The van der Waals surface area contributed by atoms with Gasteiger partial charge in [0.2, 0.25) is 0 Å². The largest absolute Gasteiger partial charge is 0.207 e. The predicted molar refractivity (Wildman–Crippen MR) is 99.0 cm³/mol. The maximum absolute atomic E-state index is 2.21. The van der Waals surface area contributed by atoms with E-state index in [9.17, 15) is 0 Å². The van der Waals surface area contributed by atoms with Gasteiger partial charge in [-0.25, -0.2) is 4.57 Å². The molecule has 1 nitrogen and oxygen atoms in total. The highest BCUT2D eigenvalue weighted by Gasteiger charge is 2.09. The fourth-order valence-corrected chi connectivity index (χ4v) is 2.86. The van der Waals surface area contributed by atoms with Crippen LogP contribution in [0, 0.1) is 0 Å². The van der Waals surface area contributed by atoms with Crippen molar-refractivity contribution in [1.29, 1.82) is 0 Å². The molecule has 0 radical (unpaired) electrons. The highest BCUT2D eigenvalue weighted by Crippen LogP contribution is 2.28. The highest BCUT2D eigenvalue weighted by molar-refractivity contribution is 5.95. The first-order valence-electron chi connectivity index (χ1n) is 7.97. The van der Waals surface area contributed by atoms with Gasteiger partial charge < -0.3 is 0 Å². The summed E-state index contributed by atoms with van der Waals surface area (Å²) in [5.41, 5.74) is 5.06. The van der Waals surface area contributed by atoms with Crippen LogP contribution in [0.4, 0.5) is 0 Å². The van der Waals surface area contributed by atoms with E-state index in [1.807, 2.05) is 13.0 Å². The van der Waals surface area contributed by atoms with Gasteiger partial charge in [0.1, 0.15) is 7.05 Å². The average molecular weight is 300 g/mol. The third kappa shape index (κ3) is 3.24. The molecule has 0 amide bonds. The second-order valence-electron chi connectivity index (χ2n) is 5.88. The third-order valence-electron chi connectivity index (χ3n) is 4.12. The summed E-state index contributed by atoms with van der Waals surface area (Å²) < 4.78 is 2.13. The van der Waals surface area contributed by atoms with Crippen LogP contribution in [0.25, 0.3) is 27.5 Å². The van der Waals surface area contributed by atoms with Crippen molar-refractivity contribution < 1.29 is 4.57 Å². The Morgan fingerprint density at radius 2 is 1.70 bits per heavy atom. The molecule has 2 aromatic carbocycles. The van der Waals surface area contributed by atoms with Gasteiger partial charge in [-0.2, -0.15) is 0 Å². The molecule has 0 bridgehead atoms. The number of fused-ring (bicyclic) bond motifs is 1. The fraction of sp³-hybridized carbons (Fsp3) is 0.136. The molecule has 0 aliphatic heterocycles. The van der Waals surface area contributed by atoms with Crippen LogP contribution in [0.3, 0.4) is 0 Å². The summed E-state index contributed by atoms with van der Waals surface area (Å²) in [6, 6.07) is 17.4. The summed E-state index contributed by atoms with van der Waals surface area (Å²) in [6.07, 6.45) is 10.6. The molecule has 1 heteroatoms. The minimum Gasteiger partial charge on any atom is -0.207 e. The van der Waals surface area contributed by atoms with Crippen molar-refractivity contribution in [3.63, 3.8) is 0 Å². The van der Waals surface area contributed by atoms with Crippen LogP contribution in [0.2, 0.25) is 0 Å². The Hall–Kier alpha value is -2.67. The van der Waals surface area contributed by atoms with E-state index in [1.165, 1.54) is 33.0 Å². The molecule has 0 aliphatic rings. The molecule has 0 fully saturated rings. The molecule has 3 rings (SSSR count). The quantitative estimate of drug-likeness (QED) is 0.456. The van der Waals surface area contributed by atoms with Crippen LogP contribution >= 0.6 is 0 Å². The Morgan fingerprint density at radius 1 is 0.957 bits per heavy atom. The van der Waals surface area contributed by atoms with E-state index in [0.29, 0.717) is 0 Å². The molecule has 0 unspecified atom stereocenters. The Kier molecular flexibility index (Phi) is 4.38. The third-order valence-corrected chi connectivity index (χ3v) is 4.12. The molecule has 114 valence electrons. The van der Waals surface area contributed by atoms with Crippen molar-refractivity contribution in [3.05, 3.63) is 84.7 Å². The van der Waals surface area contributed by atoms with Gasteiger partial charge in [0.05, 0.1) is 5.56 Å². The standard InChI is InChI=1S/C22H22N/c1-4-5-8-17(2)18-11-13-19(14-12-18)22-16-23(3)15-20-9-6-7-10-21(20)22/h4-16H,1-3H3/q+1. The summed E-state index contributed by atoms with van der Waals surface area (Å²) in [5, 5.41) is 2.56. The number of nitrogens with zero attached hydrogens (tertiary/aromatic N) is 1. The molecule has 23 heavy (non-hydrogen) atoms. The summed E-state index contributed by atoms with van der Waals surface area (Å²) in [7, 11) is 2.08. The van der Waals surface area contributed by atoms with Gasteiger partial charge in [-0.1, -0.05) is 60.7 Å². The minimum absolute atomic E-state index is 1.25. The molecule has 3 aromatic rings. The zero-order valence-corrected chi connectivity index (χ0v) is 14.0. The van der Waals surface area contributed by atoms with Gasteiger partial charge >= 0.3 is 0 Å². The molecule has 0 N–H and O–H groups in total. The Labute approximate surface area is 138 Å². The molecule has 0 saturated carbocycles. The zero-order chi connectivity index (χ0) is 16.2. The number of allylic oxidation sites excluding steroid dienone is 4. The van der Waals surface area contributed by atoms with Gasteiger partial charge in [0.25, 0.3) is 0 Å². The van der Waals surface area contributed by atoms with Crippen molar-refractivity contribution in [1.82, 2.24) is 0 Å². The zero-order valence-electron chi connectivity index (χ0n) is 14.0. The SMILES string of the molecule is CC=CC=C(C)c1ccc(-c2c[n+](C)cc3ccccc23)cc1. The average Bonchev–Trinajstić information content (AvgIpc) is 2.59. The van der Waals surface area contributed by atoms with Gasteiger partial charge in [0, 0.05) is 10.8 Å². The van der Waals surface area contributed by atoms with E-state index in [2.05, 4.69) is 91.6 Å². The van der Waals surface area contributed by atoms with Crippen molar-refractivity contribution in [2.45, 2.75) is 13.8 Å². The lowest BCUT2D eigenvalue weighted by molar-refractivity contribution is -0.669. The first-order valence-corrected chi connectivity index (χ1v) is 7.97. The molecule has 0 saturated heterocycles. The summed E-state index contributed by atoms with van der Waals surface area (Å²) in [4.78, 5) is 0. The number of aryl methyl sites for hydroxylation is 1. The van der Waals surface area contributed by atoms with Crippen molar-refractivity contribution >= 4 is 16.3 Å². The first-order chi connectivity index (χ1) is 11.2. The lowest BCUT2D eigenvalue weighted by atomic mass is 9.98. The van der Waals surface area contributed by atoms with Gasteiger partial charge in [-0.15, -0.1) is 0 Å². The number of rotatable bonds is 3. The number of hydrogen-bond donors (Lipinski definition) is 0. The van der Waals surface area contributed by atoms with Crippen LogP contribution in [-0.2, 0) is 7.05 Å². The molecule has 0 spiro atoms. The molecular formula is C22H22N+. The number of benzene rings is 2. The summed E-state index contributed by atoms with van der Waals surface area (Å²) >= 11 is 0. The molecule has 0 atom stereocenters. The molecule has 0 aliphatic carbocycles. The Morgan fingerprint density at radius 3 is 2.43 bits per heavy atom. The Balaban J connectivity index is 2.06. The second kappa shape index (κ2) is 6.62. The van der Waals surface area contributed by atoms with Crippen LogP contribution in [0.15, 0.2) is 79.2 Å². The van der Waals surface area contributed by atoms with E-state index in [-0.39, 0.29) is 0 Å². The second-order valence-corrected chi connectivity index (χ2v) is 5.88. The maximum Gasteiger partial charge on any atom is 0.177 e. The minimum atomic E-state index is 1.25. The van der Waals surface area contributed by atoms with E-state index >= 15 is 0 Å².